The highest BCUT2D eigenvalue weighted by molar-refractivity contribution is 7.11. The van der Waals surface area contributed by atoms with Crippen molar-refractivity contribution in [3.63, 3.8) is 0 Å². The summed E-state index contributed by atoms with van der Waals surface area (Å²) in [5, 5.41) is 20.2. The molecular weight excluding hydrogens is 424 g/mol. The van der Waals surface area contributed by atoms with Crippen molar-refractivity contribution in [2.45, 2.75) is 57.7 Å². The van der Waals surface area contributed by atoms with Crippen LogP contribution >= 0.6 is 22.9 Å². The Morgan fingerprint density at radius 1 is 1.27 bits per heavy atom. The molecule has 0 spiro atoms. The molecule has 0 aliphatic carbocycles. The number of piperidine rings is 1. The molecule has 1 aromatic carbocycles. The third-order valence-corrected chi connectivity index (χ3v) is 6.57. The Balaban J connectivity index is 1.59. The number of halogens is 1. The second-order valence-electron chi connectivity index (χ2n) is 7.38. The van der Waals surface area contributed by atoms with Crippen molar-refractivity contribution < 1.29 is 14.7 Å². The first-order valence-corrected chi connectivity index (χ1v) is 11.3. The fourth-order valence-corrected chi connectivity index (χ4v) is 4.63. The van der Waals surface area contributed by atoms with E-state index < -0.39 is 0 Å². The average Bonchev–Trinajstić information content (AvgIpc) is 3.13. The van der Waals surface area contributed by atoms with Crippen LogP contribution in [0.5, 0.6) is 0 Å². The summed E-state index contributed by atoms with van der Waals surface area (Å²) in [6.45, 7) is 2.70. The fraction of sp³-hybridized carbons (Fsp3) is 0.476. The second kappa shape index (κ2) is 10.9. The SMILES string of the molecule is Cc1nc(C(NC(=O)CCC(=O)Nc2ccc(Cl)cc2)C2CCCCN2)sc1CO. The first-order valence-electron chi connectivity index (χ1n) is 10.1. The number of thiazole rings is 1. The normalized spacial score (nSPS) is 17.4. The van der Waals surface area contributed by atoms with Gasteiger partial charge in [0.05, 0.1) is 23.2 Å². The van der Waals surface area contributed by atoms with Crippen LogP contribution in [0.3, 0.4) is 0 Å². The molecule has 1 saturated heterocycles. The number of hydrogen-bond donors (Lipinski definition) is 4. The number of aryl methyl sites for hydroxylation is 1. The molecule has 162 valence electrons. The summed E-state index contributed by atoms with van der Waals surface area (Å²) in [5.74, 6) is -0.426. The van der Waals surface area contributed by atoms with Crippen LogP contribution in [0.2, 0.25) is 5.02 Å². The Labute approximate surface area is 185 Å². The van der Waals surface area contributed by atoms with Gasteiger partial charge < -0.3 is 21.1 Å². The van der Waals surface area contributed by atoms with Crippen molar-refractivity contribution in [2.24, 2.45) is 0 Å². The van der Waals surface area contributed by atoms with Crippen LogP contribution in [0.4, 0.5) is 5.69 Å². The number of carbonyl (C=O) groups is 2. The van der Waals surface area contributed by atoms with E-state index in [9.17, 15) is 14.7 Å². The van der Waals surface area contributed by atoms with E-state index in [1.807, 2.05) is 6.92 Å². The summed E-state index contributed by atoms with van der Waals surface area (Å²) >= 11 is 7.27. The van der Waals surface area contributed by atoms with Crippen molar-refractivity contribution in [1.82, 2.24) is 15.6 Å². The van der Waals surface area contributed by atoms with Gasteiger partial charge in [0.1, 0.15) is 5.01 Å². The maximum Gasteiger partial charge on any atom is 0.224 e. The maximum absolute atomic E-state index is 12.6. The number of anilines is 1. The second-order valence-corrected chi connectivity index (χ2v) is 8.93. The number of amides is 2. The predicted molar refractivity (Wildman–Crippen MR) is 119 cm³/mol. The van der Waals surface area contributed by atoms with Crippen molar-refractivity contribution in [2.75, 3.05) is 11.9 Å². The summed E-state index contributed by atoms with van der Waals surface area (Å²) < 4.78 is 0. The molecule has 1 aliphatic heterocycles. The van der Waals surface area contributed by atoms with Gasteiger partial charge >= 0.3 is 0 Å². The van der Waals surface area contributed by atoms with Crippen molar-refractivity contribution >= 4 is 40.4 Å². The van der Waals surface area contributed by atoms with Crippen molar-refractivity contribution in [3.05, 3.63) is 44.9 Å². The average molecular weight is 451 g/mol. The molecule has 1 fully saturated rings. The molecular formula is C21H27ClN4O3S. The number of nitrogens with one attached hydrogen (secondary N) is 3. The summed E-state index contributed by atoms with van der Waals surface area (Å²) in [5.41, 5.74) is 1.43. The lowest BCUT2D eigenvalue weighted by molar-refractivity contribution is -0.125. The van der Waals surface area contributed by atoms with Gasteiger partial charge in [0.2, 0.25) is 11.8 Å². The Morgan fingerprint density at radius 3 is 2.63 bits per heavy atom. The monoisotopic (exact) mass is 450 g/mol. The summed E-state index contributed by atoms with van der Waals surface area (Å²) in [7, 11) is 0. The molecule has 2 unspecified atom stereocenters. The number of carbonyl (C=O) groups excluding carboxylic acids is 2. The van der Waals surface area contributed by atoms with E-state index in [0.717, 1.165) is 41.4 Å². The zero-order valence-corrected chi connectivity index (χ0v) is 18.5. The van der Waals surface area contributed by atoms with Crippen molar-refractivity contribution in [1.29, 1.82) is 0 Å². The molecule has 1 aliphatic rings. The van der Waals surface area contributed by atoms with Gasteiger partial charge in [0, 0.05) is 29.6 Å². The largest absolute Gasteiger partial charge is 0.391 e. The molecule has 9 heteroatoms. The highest BCUT2D eigenvalue weighted by atomic mass is 35.5. The highest BCUT2D eigenvalue weighted by Gasteiger charge is 2.29. The standard InChI is InChI=1S/C21H27ClN4O3S/c1-13-17(12-27)30-21(24-13)20(16-4-2-3-11-23-16)26-19(29)10-9-18(28)25-15-7-5-14(22)6-8-15/h5-8,16,20,23,27H,2-4,9-12H2,1H3,(H,25,28)(H,26,29). The first kappa shape index (κ1) is 22.7. The van der Waals surface area contributed by atoms with Crippen LogP contribution in [0, 0.1) is 6.92 Å². The van der Waals surface area contributed by atoms with Crippen LogP contribution in [0.15, 0.2) is 24.3 Å². The van der Waals surface area contributed by atoms with Crippen LogP contribution in [-0.2, 0) is 16.2 Å². The number of nitrogens with zero attached hydrogens (tertiary/aromatic N) is 1. The minimum absolute atomic E-state index is 0.0624. The molecule has 1 aromatic heterocycles. The highest BCUT2D eigenvalue weighted by Crippen LogP contribution is 2.29. The molecule has 2 atom stereocenters. The van der Waals surface area contributed by atoms with Gasteiger partial charge in [-0.05, 0) is 50.6 Å². The summed E-state index contributed by atoms with van der Waals surface area (Å²) in [6.07, 6.45) is 3.30. The van der Waals surface area contributed by atoms with Gasteiger partial charge in [0.25, 0.3) is 0 Å². The van der Waals surface area contributed by atoms with E-state index in [0.29, 0.717) is 10.7 Å². The van der Waals surface area contributed by atoms with E-state index >= 15 is 0 Å². The Morgan fingerprint density at radius 2 is 2.00 bits per heavy atom. The number of aliphatic hydroxyl groups excluding tert-OH is 1. The lowest BCUT2D eigenvalue weighted by Crippen LogP contribution is -2.46. The lowest BCUT2D eigenvalue weighted by atomic mass is 9.98. The van der Waals surface area contributed by atoms with Gasteiger partial charge in [-0.25, -0.2) is 4.98 Å². The van der Waals surface area contributed by atoms with E-state index in [1.165, 1.54) is 11.3 Å². The van der Waals surface area contributed by atoms with E-state index in [2.05, 4.69) is 20.9 Å². The number of rotatable bonds is 8. The van der Waals surface area contributed by atoms with E-state index in [4.69, 9.17) is 11.6 Å². The summed E-state index contributed by atoms with van der Waals surface area (Å²) in [4.78, 5) is 30.2. The van der Waals surface area contributed by atoms with Crippen molar-refractivity contribution in [3.8, 4) is 0 Å². The van der Waals surface area contributed by atoms with Gasteiger partial charge in [0.15, 0.2) is 0 Å². The van der Waals surface area contributed by atoms with Crippen LogP contribution < -0.4 is 16.0 Å². The first-order chi connectivity index (χ1) is 14.5. The number of hydrogen-bond acceptors (Lipinski definition) is 6. The zero-order chi connectivity index (χ0) is 21.5. The van der Waals surface area contributed by atoms with Gasteiger partial charge in [-0.2, -0.15) is 0 Å². The minimum Gasteiger partial charge on any atom is -0.391 e. The molecule has 0 bridgehead atoms. The maximum atomic E-state index is 12.6. The zero-order valence-electron chi connectivity index (χ0n) is 16.9. The van der Waals surface area contributed by atoms with E-state index in [-0.39, 0.29) is 43.3 Å². The Kier molecular flexibility index (Phi) is 8.21. The molecule has 2 heterocycles. The molecule has 30 heavy (non-hydrogen) atoms. The third-order valence-electron chi connectivity index (χ3n) is 5.09. The molecule has 0 radical (unpaired) electrons. The number of aliphatic hydroxyl groups is 1. The summed E-state index contributed by atoms with van der Waals surface area (Å²) in [6, 6.07) is 6.64. The van der Waals surface area contributed by atoms with Crippen LogP contribution in [-0.4, -0.2) is 34.5 Å². The predicted octanol–water partition coefficient (Wildman–Crippen LogP) is 3.32. The smallest absolute Gasteiger partial charge is 0.224 e. The Bertz CT molecular complexity index is 866. The molecule has 0 saturated carbocycles. The topological polar surface area (TPSA) is 103 Å². The Hall–Kier alpha value is -2.00. The molecule has 2 amide bonds. The molecule has 7 nitrogen and oxygen atoms in total. The van der Waals surface area contributed by atoms with E-state index in [1.54, 1.807) is 24.3 Å². The third kappa shape index (κ3) is 6.25. The number of benzene rings is 1. The van der Waals surface area contributed by atoms with Gasteiger partial charge in [-0.15, -0.1) is 11.3 Å². The number of aromatic nitrogens is 1. The van der Waals surface area contributed by atoms with Gasteiger partial charge in [-0.1, -0.05) is 18.0 Å². The van der Waals surface area contributed by atoms with Crippen LogP contribution in [0.25, 0.3) is 0 Å². The molecule has 4 N–H and O–H groups in total. The van der Waals surface area contributed by atoms with Crippen LogP contribution in [0.1, 0.15) is 53.7 Å². The lowest BCUT2D eigenvalue weighted by Gasteiger charge is -2.30. The molecule has 2 aromatic rings. The minimum atomic E-state index is -0.277. The quantitative estimate of drug-likeness (QED) is 0.494. The van der Waals surface area contributed by atoms with Gasteiger partial charge in [-0.3, -0.25) is 9.59 Å². The molecule has 3 rings (SSSR count). The fourth-order valence-electron chi connectivity index (χ4n) is 3.46.